The van der Waals surface area contributed by atoms with Crippen LogP contribution in [-0.2, 0) is 6.54 Å². The molecule has 0 saturated heterocycles. The summed E-state index contributed by atoms with van der Waals surface area (Å²) in [4.78, 5) is 17.7. The van der Waals surface area contributed by atoms with E-state index in [-0.39, 0.29) is 5.91 Å². The minimum Gasteiger partial charge on any atom is -0.316 e. The Kier molecular flexibility index (Phi) is 5.21. The van der Waals surface area contributed by atoms with Gasteiger partial charge in [-0.05, 0) is 49.9 Å². The SMILES string of the molecule is CSCCn1c(=NC(=O)c2ccc(C)cc2)sc2cc(C)ccc21. The number of amides is 1. The summed E-state index contributed by atoms with van der Waals surface area (Å²) < 4.78 is 3.33. The molecule has 124 valence electrons. The number of aromatic nitrogens is 1. The van der Waals surface area contributed by atoms with Crippen molar-refractivity contribution in [3.05, 3.63) is 64.0 Å². The van der Waals surface area contributed by atoms with Gasteiger partial charge < -0.3 is 4.57 Å². The first-order chi connectivity index (χ1) is 11.6. The highest BCUT2D eigenvalue weighted by Crippen LogP contribution is 2.19. The molecule has 0 saturated carbocycles. The summed E-state index contributed by atoms with van der Waals surface area (Å²) in [6, 6.07) is 13.9. The molecule has 1 aromatic heterocycles. The van der Waals surface area contributed by atoms with Crippen molar-refractivity contribution in [2.45, 2.75) is 20.4 Å². The van der Waals surface area contributed by atoms with Crippen molar-refractivity contribution in [2.24, 2.45) is 4.99 Å². The molecule has 1 heterocycles. The average molecular weight is 357 g/mol. The molecule has 0 aliphatic rings. The molecule has 24 heavy (non-hydrogen) atoms. The minimum atomic E-state index is -0.184. The summed E-state index contributed by atoms with van der Waals surface area (Å²) in [5, 5.41) is 0. The predicted octanol–water partition coefficient (Wildman–Crippen LogP) is 4.42. The molecule has 0 fully saturated rings. The van der Waals surface area contributed by atoms with Crippen LogP contribution in [0.3, 0.4) is 0 Å². The third kappa shape index (κ3) is 3.62. The highest BCUT2D eigenvalue weighted by molar-refractivity contribution is 7.98. The van der Waals surface area contributed by atoms with Gasteiger partial charge in [0.1, 0.15) is 0 Å². The van der Waals surface area contributed by atoms with Crippen LogP contribution < -0.4 is 4.80 Å². The third-order valence-electron chi connectivity index (χ3n) is 3.85. The summed E-state index contributed by atoms with van der Waals surface area (Å²) >= 11 is 3.38. The fourth-order valence-corrected chi connectivity index (χ4v) is 4.03. The van der Waals surface area contributed by atoms with Crippen molar-refractivity contribution in [1.82, 2.24) is 4.57 Å². The lowest BCUT2D eigenvalue weighted by atomic mass is 10.1. The standard InChI is InChI=1S/C19H20N2OS2/c1-13-4-7-15(8-5-13)18(22)20-19-21(10-11-23-3)16-9-6-14(2)12-17(16)24-19/h4-9,12H,10-11H2,1-3H3. The van der Waals surface area contributed by atoms with E-state index in [1.165, 1.54) is 10.3 Å². The summed E-state index contributed by atoms with van der Waals surface area (Å²) in [5.41, 5.74) is 4.14. The van der Waals surface area contributed by atoms with Gasteiger partial charge in [0, 0.05) is 17.9 Å². The van der Waals surface area contributed by atoms with Crippen molar-refractivity contribution in [3.63, 3.8) is 0 Å². The molecule has 0 N–H and O–H groups in total. The monoisotopic (exact) mass is 356 g/mol. The number of thiazole rings is 1. The summed E-state index contributed by atoms with van der Waals surface area (Å²) in [5.74, 6) is 0.808. The fraction of sp³-hybridized carbons (Fsp3) is 0.263. The number of thioether (sulfide) groups is 1. The highest BCUT2D eigenvalue weighted by Gasteiger charge is 2.09. The maximum absolute atomic E-state index is 12.5. The van der Waals surface area contributed by atoms with Gasteiger partial charge in [0.15, 0.2) is 4.80 Å². The van der Waals surface area contributed by atoms with Gasteiger partial charge in [0.25, 0.3) is 5.91 Å². The topological polar surface area (TPSA) is 34.4 Å². The van der Waals surface area contributed by atoms with Crippen molar-refractivity contribution >= 4 is 39.2 Å². The first-order valence-electron chi connectivity index (χ1n) is 7.83. The molecule has 3 nitrogen and oxygen atoms in total. The molecule has 0 bridgehead atoms. The molecule has 0 atom stereocenters. The lowest BCUT2D eigenvalue weighted by molar-refractivity contribution is 0.0998. The Morgan fingerprint density at radius 1 is 1.12 bits per heavy atom. The van der Waals surface area contributed by atoms with Gasteiger partial charge in [0.05, 0.1) is 10.2 Å². The van der Waals surface area contributed by atoms with Crippen LogP contribution in [0.5, 0.6) is 0 Å². The first kappa shape index (κ1) is 17.0. The van der Waals surface area contributed by atoms with Gasteiger partial charge in [0.2, 0.25) is 0 Å². The van der Waals surface area contributed by atoms with Crippen LogP contribution in [-0.4, -0.2) is 22.5 Å². The van der Waals surface area contributed by atoms with Gasteiger partial charge in [-0.2, -0.15) is 16.8 Å². The maximum Gasteiger partial charge on any atom is 0.279 e. The zero-order valence-electron chi connectivity index (χ0n) is 14.1. The predicted molar refractivity (Wildman–Crippen MR) is 104 cm³/mol. The number of nitrogens with zero attached hydrogens (tertiary/aromatic N) is 2. The fourth-order valence-electron chi connectivity index (χ4n) is 2.51. The van der Waals surface area contributed by atoms with Crippen LogP contribution in [0, 0.1) is 13.8 Å². The molecule has 0 aliphatic carbocycles. The molecule has 0 spiro atoms. The van der Waals surface area contributed by atoms with E-state index in [0.717, 1.165) is 28.2 Å². The molecule has 3 rings (SSSR count). The number of hydrogen-bond acceptors (Lipinski definition) is 3. The van der Waals surface area contributed by atoms with E-state index >= 15 is 0 Å². The largest absolute Gasteiger partial charge is 0.316 e. The van der Waals surface area contributed by atoms with E-state index in [4.69, 9.17) is 0 Å². The second-order valence-electron chi connectivity index (χ2n) is 5.78. The number of carbonyl (C=O) groups excluding carboxylic acids is 1. The van der Waals surface area contributed by atoms with Crippen molar-refractivity contribution in [2.75, 3.05) is 12.0 Å². The molecular weight excluding hydrogens is 336 g/mol. The van der Waals surface area contributed by atoms with Crippen LogP contribution in [0.15, 0.2) is 47.5 Å². The van der Waals surface area contributed by atoms with E-state index in [2.05, 4.69) is 40.9 Å². The van der Waals surface area contributed by atoms with E-state index < -0.39 is 0 Å². The third-order valence-corrected chi connectivity index (χ3v) is 5.48. The molecule has 0 unspecified atom stereocenters. The van der Waals surface area contributed by atoms with Crippen LogP contribution in [0.25, 0.3) is 10.2 Å². The van der Waals surface area contributed by atoms with Gasteiger partial charge in [-0.15, -0.1) is 0 Å². The average Bonchev–Trinajstić information content (AvgIpc) is 2.89. The second-order valence-corrected chi connectivity index (χ2v) is 7.78. The Morgan fingerprint density at radius 2 is 1.83 bits per heavy atom. The smallest absolute Gasteiger partial charge is 0.279 e. The Morgan fingerprint density at radius 3 is 2.54 bits per heavy atom. The Balaban J connectivity index is 2.09. The van der Waals surface area contributed by atoms with Crippen LogP contribution in [0.4, 0.5) is 0 Å². The zero-order valence-corrected chi connectivity index (χ0v) is 15.7. The number of benzene rings is 2. The first-order valence-corrected chi connectivity index (χ1v) is 10.0. The Labute approximate surface area is 150 Å². The van der Waals surface area contributed by atoms with Crippen molar-refractivity contribution in [1.29, 1.82) is 0 Å². The second kappa shape index (κ2) is 7.36. The molecule has 5 heteroatoms. The van der Waals surface area contributed by atoms with Crippen LogP contribution >= 0.6 is 23.1 Å². The lowest BCUT2D eigenvalue weighted by Crippen LogP contribution is -2.18. The van der Waals surface area contributed by atoms with E-state index in [1.807, 2.05) is 31.2 Å². The molecule has 3 aromatic rings. The summed E-state index contributed by atoms with van der Waals surface area (Å²) in [7, 11) is 0. The molecular formula is C19H20N2OS2. The maximum atomic E-state index is 12.5. The number of aryl methyl sites for hydroxylation is 3. The number of fused-ring (bicyclic) bond motifs is 1. The number of carbonyl (C=O) groups is 1. The van der Waals surface area contributed by atoms with E-state index in [0.29, 0.717) is 5.56 Å². The highest BCUT2D eigenvalue weighted by atomic mass is 32.2. The van der Waals surface area contributed by atoms with E-state index in [9.17, 15) is 4.79 Å². The van der Waals surface area contributed by atoms with Crippen LogP contribution in [0.1, 0.15) is 21.5 Å². The molecule has 0 aliphatic heterocycles. The lowest BCUT2D eigenvalue weighted by Gasteiger charge is -2.04. The Bertz CT molecular complexity index is 936. The Hall–Kier alpha value is -1.85. The van der Waals surface area contributed by atoms with Gasteiger partial charge in [-0.1, -0.05) is 35.1 Å². The van der Waals surface area contributed by atoms with Gasteiger partial charge in [-0.3, -0.25) is 4.79 Å². The van der Waals surface area contributed by atoms with Gasteiger partial charge in [-0.25, -0.2) is 0 Å². The summed E-state index contributed by atoms with van der Waals surface area (Å²) in [6.45, 7) is 4.94. The van der Waals surface area contributed by atoms with Gasteiger partial charge >= 0.3 is 0 Å². The number of rotatable bonds is 4. The number of hydrogen-bond donors (Lipinski definition) is 0. The minimum absolute atomic E-state index is 0.184. The normalized spacial score (nSPS) is 12.0. The zero-order chi connectivity index (χ0) is 17.1. The molecule has 0 radical (unpaired) electrons. The molecule has 1 amide bonds. The van der Waals surface area contributed by atoms with Crippen LogP contribution in [0.2, 0.25) is 0 Å². The molecule has 2 aromatic carbocycles. The quantitative estimate of drug-likeness (QED) is 0.693. The van der Waals surface area contributed by atoms with Crippen molar-refractivity contribution < 1.29 is 4.79 Å². The van der Waals surface area contributed by atoms with E-state index in [1.54, 1.807) is 23.1 Å². The summed E-state index contributed by atoms with van der Waals surface area (Å²) in [6.07, 6.45) is 2.09. The van der Waals surface area contributed by atoms with Crippen molar-refractivity contribution in [3.8, 4) is 0 Å².